The number of carbonyl (C=O) groups is 2. The summed E-state index contributed by atoms with van der Waals surface area (Å²) in [5.74, 6) is -0.574. The largest absolute Gasteiger partial charge is 0.377 e. The highest BCUT2D eigenvalue weighted by molar-refractivity contribution is 5.81. The third kappa shape index (κ3) is 4.22. The molecule has 0 bridgehead atoms. The van der Waals surface area contributed by atoms with Crippen molar-refractivity contribution in [2.75, 3.05) is 32.9 Å². The molecule has 2 aliphatic heterocycles. The standard InChI is InChI=1S/C15H23N5O6/c21-12(8-20-14(23)17-18-15(20)24)19-4-6-25-9-10(19)7-16-13(22)11-3-1-2-5-26-11/h10-11H,1-9H2,(H,16,22)(H,17,23)(H,18,24). The summed E-state index contributed by atoms with van der Waals surface area (Å²) < 4.78 is 11.6. The first-order valence-corrected chi connectivity index (χ1v) is 8.70. The van der Waals surface area contributed by atoms with E-state index >= 15 is 0 Å². The van der Waals surface area contributed by atoms with E-state index in [2.05, 4.69) is 15.5 Å². The van der Waals surface area contributed by atoms with Crippen LogP contribution in [0.2, 0.25) is 0 Å². The van der Waals surface area contributed by atoms with Crippen LogP contribution in [0, 0.1) is 0 Å². The van der Waals surface area contributed by atoms with Crippen molar-refractivity contribution in [2.24, 2.45) is 0 Å². The molecule has 0 radical (unpaired) electrons. The predicted octanol–water partition coefficient (Wildman–Crippen LogP) is -2.22. The molecule has 2 aliphatic rings. The van der Waals surface area contributed by atoms with Gasteiger partial charge in [-0.05, 0) is 19.3 Å². The highest BCUT2D eigenvalue weighted by Crippen LogP contribution is 2.13. The molecule has 3 N–H and O–H groups in total. The number of rotatable bonds is 5. The van der Waals surface area contributed by atoms with Gasteiger partial charge in [0.1, 0.15) is 12.6 Å². The van der Waals surface area contributed by atoms with Crippen LogP contribution in [-0.4, -0.2) is 76.5 Å². The Hall–Kier alpha value is -2.40. The molecule has 0 saturated carbocycles. The molecule has 1 aromatic heterocycles. The zero-order valence-corrected chi connectivity index (χ0v) is 14.4. The number of H-pyrrole nitrogens is 2. The minimum absolute atomic E-state index is 0.194. The topological polar surface area (TPSA) is 139 Å². The Bertz CT molecular complexity index is 719. The number of ether oxygens (including phenoxy) is 2. The van der Waals surface area contributed by atoms with E-state index < -0.39 is 17.5 Å². The van der Waals surface area contributed by atoms with Crippen LogP contribution < -0.4 is 16.7 Å². The van der Waals surface area contributed by atoms with Crippen LogP contribution in [0.3, 0.4) is 0 Å². The number of hydrogen-bond donors (Lipinski definition) is 3. The van der Waals surface area contributed by atoms with Gasteiger partial charge < -0.3 is 19.7 Å². The number of carbonyl (C=O) groups excluding carboxylic acids is 2. The second-order valence-corrected chi connectivity index (χ2v) is 6.36. The highest BCUT2D eigenvalue weighted by atomic mass is 16.5. The van der Waals surface area contributed by atoms with Gasteiger partial charge in [0.15, 0.2) is 0 Å². The monoisotopic (exact) mass is 369 g/mol. The van der Waals surface area contributed by atoms with Gasteiger partial charge in [-0.3, -0.25) is 9.59 Å². The number of nitrogens with zero attached hydrogens (tertiary/aromatic N) is 2. The number of hydrogen-bond acceptors (Lipinski definition) is 6. The highest BCUT2D eigenvalue weighted by Gasteiger charge is 2.30. The van der Waals surface area contributed by atoms with Crippen molar-refractivity contribution >= 4 is 11.8 Å². The summed E-state index contributed by atoms with van der Waals surface area (Å²) in [7, 11) is 0. The average molecular weight is 369 g/mol. The van der Waals surface area contributed by atoms with Crippen molar-refractivity contribution in [3.05, 3.63) is 21.0 Å². The minimum Gasteiger partial charge on any atom is -0.377 e. The maximum absolute atomic E-state index is 12.5. The van der Waals surface area contributed by atoms with Crippen LogP contribution >= 0.6 is 0 Å². The average Bonchev–Trinajstić information content (AvgIpc) is 2.99. The quantitative estimate of drug-likeness (QED) is 0.537. The van der Waals surface area contributed by atoms with Crippen molar-refractivity contribution < 1.29 is 19.1 Å². The van der Waals surface area contributed by atoms with Crippen LogP contribution in [0.25, 0.3) is 0 Å². The third-order valence-corrected chi connectivity index (χ3v) is 4.59. The van der Waals surface area contributed by atoms with Crippen LogP contribution in [0.15, 0.2) is 9.59 Å². The maximum Gasteiger partial charge on any atom is 0.344 e. The van der Waals surface area contributed by atoms with Crippen molar-refractivity contribution in [1.82, 2.24) is 25.0 Å². The molecule has 3 heterocycles. The van der Waals surface area contributed by atoms with E-state index in [1.807, 2.05) is 0 Å². The van der Waals surface area contributed by atoms with E-state index in [1.54, 1.807) is 0 Å². The van der Waals surface area contributed by atoms with Gasteiger partial charge in [0.2, 0.25) is 11.8 Å². The Morgan fingerprint density at radius 3 is 2.62 bits per heavy atom. The van der Waals surface area contributed by atoms with Crippen molar-refractivity contribution in [2.45, 2.75) is 38.0 Å². The molecule has 3 rings (SSSR count). The van der Waals surface area contributed by atoms with Gasteiger partial charge >= 0.3 is 11.4 Å². The SMILES string of the molecule is O=C(NCC1COCCN1C(=O)Cn1c(=O)[nH][nH]c1=O)C1CCCCO1. The van der Waals surface area contributed by atoms with E-state index in [-0.39, 0.29) is 37.6 Å². The number of amides is 2. The van der Waals surface area contributed by atoms with Crippen molar-refractivity contribution in [1.29, 1.82) is 0 Å². The zero-order chi connectivity index (χ0) is 18.5. The first-order valence-electron chi connectivity index (χ1n) is 8.70. The van der Waals surface area contributed by atoms with Crippen molar-refractivity contribution in [3.8, 4) is 0 Å². The lowest BCUT2D eigenvalue weighted by atomic mass is 10.1. The summed E-state index contributed by atoms with van der Waals surface area (Å²) in [6.07, 6.45) is 2.15. The maximum atomic E-state index is 12.5. The fourth-order valence-electron chi connectivity index (χ4n) is 3.14. The van der Waals surface area contributed by atoms with Gasteiger partial charge in [0.05, 0.1) is 19.3 Å². The Labute approximate surface area is 148 Å². The minimum atomic E-state index is -0.670. The zero-order valence-electron chi connectivity index (χ0n) is 14.4. The van der Waals surface area contributed by atoms with Gasteiger partial charge in [-0.15, -0.1) is 0 Å². The lowest BCUT2D eigenvalue weighted by molar-refractivity contribution is -0.142. The predicted molar refractivity (Wildman–Crippen MR) is 88.6 cm³/mol. The van der Waals surface area contributed by atoms with Gasteiger partial charge in [-0.25, -0.2) is 24.4 Å². The number of morpholine rings is 1. The molecule has 0 aliphatic carbocycles. The normalized spacial score (nSPS) is 23.6. The van der Waals surface area contributed by atoms with Crippen LogP contribution in [0.1, 0.15) is 19.3 Å². The van der Waals surface area contributed by atoms with Gasteiger partial charge in [0, 0.05) is 19.7 Å². The second kappa shape index (κ2) is 8.32. The molecule has 144 valence electrons. The summed E-state index contributed by atoms with van der Waals surface area (Å²) in [5, 5.41) is 7.08. The van der Waals surface area contributed by atoms with Crippen LogP contribution in [0.5, 0.6) is 0 Å². The lowest BCUT2D eigenvalue weighted by Crippen LogP contribution is -2.55. The summed E-state index contributed by atoms with van der Waals surface area (Å²) in [6.45, 7) is 1.40. The Kier molecular flexibility index (Phi) is 5.89. The van der Waals surface area contributed by atoms with E-state index in [9.17, 15) is 19.2 Å². The summed E-state index contributed by atoms with van der Waals surface area (Å²) in [6, 6.07) is -0.363. The number of aromatic nitrogens is 3. The lowest BCUT2D eigenvalue weighted by Gasteiger charge is -2.36. The Morgan fingerprint density at radius 2 is 1.92 bits per heavy atom. The van der Waals surface area contributed by atoms with Crippen molar-refractivity contribution in [3.63, 3.8) is 0 Å². The molecule has 0 spiro atoms. The summed E-state index contributed by atoms with van der Waals surface area (Å²) >= 11 is 0. The van der Waals surface area contributed by atoms with E-state index in [0.717, 1.165) is 17.4 Å². The fourth-order valence-corrected chi connectivity index (χ4v) is 3.14. The molecule has 2 unspecified atom stereocenters. The second-order valence-electron chi connectivity index (χ2n) is 6.36. The van der Waals surface area contributed by atoms with Gasteiger partial charge in [0.25, 0.3) is 0 Å². The number of nitrogens with one attached hydrogen (secondary N) is 3. The van der Waals surface area contributed by atoms with Gasteiger partial charge in [-0.2, -0.15) is 0 Å². The van der Waals surface area contributed by atoms with Crippen LogP contribution in [0.4, 0.5) is 0 Å². The molecule has 11 nitrogen and oxygen atoms in total. The molecule has 2 fully saturated rings. The van der Waals surface area contributed by atoms with E-state index in [0.29, 0.717) is 26.2 Å². The van der Waals surface area contributed by atoms with E-state index in [4.69, 9.17) is 9.47 Å². The molecule has 2 atom stereocenters. The molecular formula is C15H23N5O6. The third-order valence-electron chi connectivity index (χ3n) is 4.59. The summed E-state index contributed by atoms with van der Waals surface area (Å²) in [5.41, 5.74) is -1.34. The number of aromatic amines is 2. The molecule has 11 heteroatoms. The smallest absolute Gasteiger partial charge is 0.344 e. The molecule has 2 amide bonds. The first kappa shape index (κ1) is 18.4. The fraction of sp³-hybridized carbons (Fsp3) is 0.733. The molecule has 2 saturated heterocycles. The Balaban J connectivity index is 1.58. The molecule has 26 heavy (non-hydrogen) atoms. The summed E-state index contributed by atoms with van der Waals surface area (Å²) in [4.78, 5) is 49.3. The Morgan fingerprint density at radius 1 is 1.15 bits per heavy atom. The first-order chi connectivity index (χ1) is 12.6. The van der Waals surface area contributed by atoms with Gasteiger partial charge in [-0.1, -0.05) is 0 Å². The molecular weight excluding hydrogens is 346 g/mol. The molecule has 0 aromatic carbocycles. The van der Waals surface area contributed by atoms with Crippen LogP contribution in [-0.2, 0) is 25.6 Å². The molecule has 1 aromatic rings. The van der Waals surface area contributed by atoms with E-state index in [1.165, 1.54) is 4.90 Å².